The fourth-order valence-corrected chi connectivity index (χ4v) is 1.11. The zero-order valence-electron chi connectivity index (χ0n) is 7.27. The van der Waals surface area contributed by atoms with E-state index < -0.39 is 0 Å². The summed E-state index contributed by atoms with van der Waals surface area (Å²) in [5, 5.41) is 8.59. The normalized spacial score (nSPS) is 13.5. The van der Waals surface area contributed by atoms with E-state index in [1.165, 1.54) is 25.7 Å². The summed E-state index contributed by atoms with van der Waals surface area (Å²) in [6, 6.07) is 0. The molecule has 0 unspecified atom stereocenters. The van der Waals surface area contributed by atoms with Gasteiger partial charge in [0.15, 0.2) is 0 Å². The summed E-state index contributed by atoms with van der Waals surface area (Å²) in [5.74, 6) is 0.719. The second-order valence-corrected chi connectivity index (χ2v) is 3.11. The average Bonchev–Trinajstić information content (AvgIpc) is 1.89. The van der Waals surface area contributed by atoms with Crippen molar-refractivity contribution in [3.8, 4) is 0 Å². The maximum atomic E-state index is 8.59. The van der Waals surface area contributed by atoms with Gasteiger partial charge in [0, 0.05) is 6.61 Å². The summed E-state index contributed by atoms with van der Waals surface area (Å²) >= 11 is 0. The van der Waals surface area contributed by atoms with Crippen molar-refractivity contribution in [1.82, 2.24) is 0 Å². The van der Waals surface area contributed by atoms with Crippen LogP contribution in [-0.4, -0.2) is 11.7 Å². The molecule has 1 atom stereocenters. The standard InChI is InChI=1S/C9H20O/c1-3-4-5-6-9(2)7-8-10/h9-10H,3-8H2,1-2H3/t9-/m1/s1. The topological polar surface area (TPSA) is 20.2 Å². The van der Waals surface area contributed by atoms with Crippen LogP contribution in [0.1, 0.15) is 46.0 Å². The third kappa shape index (κ3) is 6.09. The minimum absolute atomic E-state index is 0.354. The van der Waals surface area contributed by atoms with Gasteiger partial charge in [-0.05, 0) is 12.3 Å². The lowest BCUT2D eigenvalue weighted by Gasteiger charge is -2.07. The summed E-state index contributed by atoms with van der Waals surface area (Å²) in [4.78, 5) is 0. The zero-order valence-corrected chi connectivity index (χ0v) is 7.27. The first kappa shape index (κ1) is 9.96. The highest BCUT2D eigenvalue weighted by Crippen LogP contribution is 2.11. The highest BCUT2D eigenvalue weighted by molar-refractivity contribution is 4.51. The summed E-state index contributed by atoms with van der Waals surface area (Å²) in [5.41, 5.74) is 0. The molecule has 0 aliphatic heterocycles. The highest BCUT2D eigenvalue weighted by atomic mass is 16.2. The van der Waals surface area contributed by atoms with Crippen molar-refractivity contribution < 1.29 is 5.11 Å². The number of hydrogen-bond donors (Lipinski definition) is 1. The van der Waals surface area contributed by atoms with E-state index in [-0.39, 0.29) is 0 Å². The third-order valence-corrected chi connectivity index (χ3v) is 1.92. The third-order valence-electron chi connectivity index (χ3n) is 1.92. The van der Waals surface area contributed by atoms with Gasteiger partial charge in [-0.25, -0.2) is 0 Å². The Kier molecular flexibility index (Phi) is 7.04. The summed E-state index contributed by atoms with van der Waals surface area (Å²) in [6.45, 7) is 4.79. The van der Waals surface area contributed by atoms with Crippen LogP contribution in [0.4, 0.5) is 0 Å². The molecule has 0 saturated heterocycles. The van der Waals surface area contributed by atoms with Crippen LogP contribution in [0.25, 0.3) is 0 Å². The van der Waals surface area contributed by atoms with Gasteiger partial charge >= 0.3 is 0 Å². The predicted octanol–water partition coefficient (Wildman–Crippen LogP) is 2.59. The van der Waals surface area contributed by atoms with Gasteiger partial charge in [0.2, 0.25) is 0 Å². The molecule has 1 heteroatoms. The van der Waals surface area contributed by atoms with Gasteiger partial charge in [0.05, 0.1) is 0 Å². The molecule has 0 aliphatic rings. The van der Waals surface area contributed by atoms with Crippen molar-refractivity contribution in [3.05, 3.63) is 0 Å². The van der Waals surface area contributed by atoms with E-state index >= 15 is 0 Å². The molecule has 1 N–H and O–H groups in total. The first-order valence-electron chi connectivity index (χ1n) is 4.42. The largest absolute Gasteiger partial charge is 0.396 e. The Morgan fingerprint density at radius 2 is 1.90 bits per heavy atom. The van der Waals surface area contributed by atoms with Gasteiger partial charge < -0.3 is 5.11 Å². The molecule has 0 aliphatic carbocycles. The van der Waals surface area contributed by atoms with Crippen LogP contribution < -0.4 is 0 Å². The maximum Gasteiger partial charge on any atom is 0.0433 e. The second kappa shape index (κ2) is 7.07. The molecule has 0 bridgehead atoms. The van der Waals surface area contributed by atoms with E-state index in [9.17, 15) is 0 Å². The minimum Gasteiger partial charge on any atom is -0.396 e. The molecule has 62 valence electrons. The number of aliphatic hydroxyl groups is 1. The van der Waals surface area contributed by atoms with E-state index in [0.29, 0.717) is 6.61 Å². The van der Waals surface area contributed by atoms with E-state index in [2.05, 4.69) is 13.8 Å². The Morgan fingerprint density at radius 1 is 1.20 bits per heavy atom. The monoisotopic (exact) mass is 144 g/mol. The molecule has 0 aromatic heterocycles. The summed E-state index contributed by atoms with van der Waals surface area (Å²) < 4.78 is 0. The summed E-state index contributed by atoms with van der Waals surface area (Å²) in [7, 11) is 0. The van der Waals surface area contributed by atoms with Crippen molar-refractivity contribution in [1.29, 1.82) is 0 Å². The lowest BCUT2D eigenvalue weighted by Crippen LogP contribution is -1.97. The van der Waals surface area contributed by atoms with Crippen LogP contribution >= 0.6 is 0 Å². The van der Waals surface area contributed by atoms with Crippen LogP contribution in [0.2, 0.25) is 0 Å². The number of hydrogen-bond acceptors (Lipinski definition) is 1. The zero-order chi connectivity index (χ0) is 7.82. The van der Waals surface area contributed by atoms with Crippen LogP contribution in [0, 0.1) is 5.92 Å². The van der Waals surface area contributed by atoms with E-state index in [1.54, 1.807) is 0 Å². The molecule has 0 fully saturated rings. The highest BCUT2D eigenvalue weighted by Gasteiger charge is 1.98. The molecule has 0 aromatic rings. The molecule has 10 heavy (non-hydrogen) atoms. The summed E-state index contributed by atoms with van der Waals surface area (Å²) in [6.07, 6.45) is 6.23. The predicted molar refractivity (Wildman–Crippen MR) is 45.0 cm³/mol. The van der Waals surface area contributed by atoms with Crippen molar-refractivity contribution in [2.45, 2.75) is 46.0 Å². The molecule has 0 rings (SSSR count). The smallest absolute Gasteiger partial charge is 0.0433 e. The lowest BCUT2D eigenvalue weighted by molar-refractivity contribution is 0.256. The first-order valence-corrected chi connectivity index (χ1v) is 4.42. The molecular formula is C9H20O. The Balaban J connectivity index is 2.97. The maximum absolute atomic E-state index is 8.59. The van der Waals surface area contributed by atoms with Gasteiger partial charge in [-0.2, -0.15) is 0 Å². The first-order chi connectivity index (χ1) is 4.81. The van der Waals surface area contributed by atoms with Gasteiger partial charge in [-0.3, -0.25) is 0 Å². The van der Waals surface area contributed by atoms with Gasteiger partial charge in [0.1, 0.15) is 0 Å². The lowest BCUT2D eigenvalue weighted by atomic mass is 10.0. The van der Waals surface area contributed by atoms with E-state index in [1.807, 2.05) is 0 Å². The van der Waals surface area contributed by atoms with Crippen LogP contribution in [0.15, 0.2) is 0 Å². The Bertz CT molecular complexity index is 61.7. The van der Waals surface area contributed by atoms with Crippen molar-refractivity contribution in [3.63, 3.8) is 0 Å². The molecule has 0 radical (unpaired) electrons. The quantitative estimate of drug-likeness (QED) is 0.568. The van der Waals surface area contributed by atoms with Crippen molar-refractivity contribution in [2.75, 3.05) is 6.61 Å². The fourth-order valence-electron chi connectivity index (χ4n) is 1.11. The van der Waals surface area contributed by atoms with Gasteiger partial charge in [0.25, 0.3) is 0 Å². The number of unbranched alkanes of at least 4 members (excludes halogenated alkanes) is 2. The second-order valence-electron chi connectivity index (χ2n) is 3.11. The molecule has 0 heterocycles. The number of aliphatic hydroxyl groups excluding tert-OH is 1. The van der Waals surface area contributed by atoms with Gasteiger partial charge in [-0.15, -0.1) is 0 Å². The minimum atomic E-state index is 0.354. The van der Waals surface area contributed by atoms with E-state index in [0.717, 1.165) is 12.3 Å². The fraction of sp³-hybridized carbons (Fsp3) is 1.00. The van der Waals surface area contributed by atoms with Crippen LogP contribution in [0.3, 0.4) is 0 Å². The molecule has 0 amide bonds. The Labute approximate surface area is 64.5 Å². The molecule has 0 saturated carbocycles. The van der Waals surface area contributed by atoms with Crippen LogP contribution in [0.5, 0.6) is 0 Å². The number of rotatable bonds is 6. The molecule has 0 spiro atoms. The van der Waals surface area contributed by atoms with Crippen molar-refractivity contribution in [2.24, 2.45) is 5.92 Å². The Hall–Kier alpha value is -0.0400. The molecule has 0 aromatic carbocycles. The van der Waals surface area contributed by atoms with E-state index in [4.69, 9.17) is 5.11 Å². The SMILES string of the molecule is CCCCC[C@@H](C)CCO. The molecular weight excluding hydrogens is 124 g/mol. The van der Waals surface area contributed by atoms with Crippen LogP contribution in [-0.2, 0) is 0 Å². The van der Waals surface area contributed by atoms with Gasteiger partial charge in [-0.1, -0.05) is 39.5 Å². The molecule has 1 nitrogen and oxygen atoms in total. The van der Waals surface area contributed by atoms with Crippen molar-refractivity contribution >= 4 is 0 Å². The Morgan fingerprint density at radius 3 is 2.40 bits per heavy atom. The average molecular weight is 144 g/mol.